The van der Waals surface area contributed by atoms with Gasteiger partial charge in [-0.2, -0.15) is 0 Å². The van der Waals surface area contributed by atoms with Crippen molar-refractivity contribution < 1.29 is 9.59 Å². The Morgan fingerprint density at radius 2 is 1.59 bits per heavy atom. The van der Waals surface area contributed by atoms with Crippen LogP contribution in [0.4, 0.5) is 5.69 Å². The minimum atomic E-state index is -0.846. The fourth-order valence-corrected chi connectivity index (χ4v) is 4.50. The smallest absolute Gasteiger partial charge is 0.240 e. The normalized spacial score (nSPS) is 18.3. The lowest BCUT2D eigenvalue weighted by molar-refractivity contribution is -0.143. The molecule has 1 aliphatic heterocycles. The molecule has 4 heteroatoms. The fourth-order valence-electron chi connectivity index (χ4n) is 4.50. The van der Waals surface area contributed by atoms with E-state index in [2.05, 4.69) is 29.6 Å². The van der Waals surface area contributed by atoms with E-state index in [0.29, 0.717) is 18.8 Å². The number of piperidine rings is 1. The first-order chi connectivity index (χ1) is 14.0. The van der Waals surface area contributed by atoms with Crippen molar-refractivity contribution in [2.45, 2.75) is 46.0 Å². The van der Waals surface area contributed by atoms with Gasteiger partial charge in [0.05, 0.1) is 0 Å². The molecule has 1 saturated heterocycles. The van der Waals surface area contributed by atoms with Gasteiger partial charge >= 0.3 is 0 Å². The van der Waals surface area contributed by atoms with Gasteiger partial charge < -0.3 is 10.2 Å². The molecule has 152 valence electrons. The van der Waals surface area contributed by atoms with Crippen molar-refractivity contribution in [3.05, 3.63) is 65.2 Å². The second-order valence-corrected chi connectivity index (χ2v) is 8.73. The van der Waals surface area contributed by atoms with E-state index >= 15 is 0 Å². The molecule has 2 aromatic carbocycles. The Hall–Kier alpha value is -2.62. The summed E-state index contributed by atoms with van der Waals surface area (Å²) in [7, 11) is 0. The molecule has 0 spiro atoms. The first kappa shape index (κ1) is 19.7. The van der Waals surface area contributed by atoms with E-state index in [1.54, 1.807) is 0 Å². The van der Waals surface area contributed by atoms with Crippen molar-refractivity contribution in [1.82, 2.24) is 4.90 Å². The van der Waals surface area contributed by atoms with Crippen LogP contribution in [0.15, 0.2) is 48.5 Å². The molecule has 0 aromatic heterocycles. The maximum Gasteiger partial charge on any atom is 0.240 e. The molecule has 0 bridgehead atoms. The number of benzene rings is 2. The van der Waals surface area contributed by atoms with Crippen LogP contribution in [0.2, 0.25) is 0 Å². The molecular weight excluding hydrogens is 360 g/mol. The molecule has 1 N–H and O–H groups in total. The maximum atomic E-state index is 13.2. The van der Waals surface area contributed by atoms with Gasteiger partial charge in [-0.15, -0.1) is 0 Å². The average molecular weight is 391 g/mol. The summed E-state index contributed by atoms with van der Waals surface area (Å²) in [6.07, 6.45) is 4.41. The zero-order valence-corrected chi connectivity index (χ0v) is 17.4. The highest BCUT2D eigenvalue weighted by molar-refractivity contribution is 6.13. The minimum absolute atomic E-state index is 0.0272. The number of carbonyl (C=O) groups excluding carboxylic acids is 2. The van der Waals surface area contributed by atoms with Crippen molar-refractivity contribution in [2.24, 2.45) is 11.3 Å². The summed E-state index contributed by atoms with van der Waals surface area (Å²) in [5.41, 5.74) is 3.43. The SMILES string of the molecule is Cc1cccc(C)c1NC(=O)C1(C(=O)N2CCC(Cc3ccccc3)CC2)CC1. The number of anilines is 1. The predicted molar refractivity (Wildman–Crippen MR) is 116 cm³/mol. The standard InChI is InChI=1S/C25H30N2O2/c1-18-7-6-8-19(2)22(18)26-23(28)25(13-14-25)24(29)27-15-11-21(12-16-27)17-20-9-4-3-5-10-20/h3-10,21H,11-17H2,1-2H3,(H,26,28). The van der Waals surface area contributed by atoms with Gasteiger partial charge in [0, 0.05) is 18.8 Å². The number of likely N-dealkylation sites (tertiary alicyclic amines) is 1. The van der Waals surface area contributed by atoms with Crippen LogP contribution in [0.1, 0.15) is 42.4 Å². The minimum Gasteiger partial charge on any atom is -0.342 e. The third-order valence-corrected chi connectivity index (χ3v) is 6.58. The van der Waals surface area contributed by atoms with E-state index in [-0.39, 0.29) is 11.8 Å². The molecule has 29 heavy (non-hydrogen) atoms. The number of aryl methyl sites for hydroxylation is 2. The number of nitrogens with one attached hydrogen (secondary N) is 1. The lowest BCUT2D eigenvalue weighted by Crippen LogP contribution is -2.46. The summed E-state index contributed by atoms with van der Waals surface area (Å²) < 4.78 is 0. The molecule has 1 saturated carbocycles. The van der Waals surface area contributed by atoms with Gasteiger partial charge in [0.15, 0.2) is 0 Å². The van der Waals surface area contributed by atoms with Crippen LogP contribution in [-0.4, -0.2) is 29.8 Å². The van der Waals surface area contributed by atoms with Crippen LogP contribution in [0.25, 0.3) is 0 Å². The number of hydrogen-bond acceptors (Lipinski definition) is 2. The highest BCUT2D eigenvalue weighted by Crippen LogP contribution is 2.49. The first-order valence-corrected chi connectivity index (χ1v) is 10.7. The molecule has 4 nitrogen and oxygen atoms in total. The van der Waals surface area contributed by atoms with Crippen molar-refractivity contribution in [1.29, 1.82) is 0 Å². The summed E-state index contributed by atoms with van der Waals surface area (Å²) >= 11 is 0. The quantitative estimate of drug-likeness (QED) is 0.764. The van der Waals surface area contributed by atoms with E-state index < -0.39 is 5.41 Å². The van der Waals surface area contributed by atoms with E-state index in [9.17, 15) is 9.59 Å². The molecule has 2 aromatic rings. The van der Waals surface area contributed by atoms with Crippen LogP contribution in [0, 0.1) is 25.2 Å². The van der Waals surface area contributed by atoms with Crippen LogP contribution in [0.3, 0.4) is 0 Å². The Labute approximate surface area is 173 Å². The van der Waals surface area contributed by atoms with Crippen LogP contribution < -0.4 is 5.32 Å². The number of para-hydroxylation sites is 1. The summed E-state index contributed by atoms with van der Waals surface area (Å²) in [6.45, 7) is 5.49. The number of rotatable bonds is 5. The van der Waals surface area contributed by atoms with Gasteiger partial charge in [-0.1, -0.05) is 48.5 Å². The van der Waals surface area contributed by atoms with Crippen molar-refractivity contribution in [3.8, 4) is 0 Å². The Bertz CT molecular complexity index is 874. The molecule has 0 atom stereocenters. The predicted octanol–water partition coefficient (Wildman–Crippen LogP) is 4.50. The van der Waals surface area contributed by atoms with Crippen LogP contribution in [-0.2, 0) is 16.0 Å². The monoisotopic (exact) mass is 390 g/mol. The van der Waals surface area contributed by atoms with Crippen molar-refractivity contribution in [3.63, 3.8) is 0 Å². The second kappa shape index (κ2) is 8.02. The highest BCUT2D eigenvalue weighted by Gasteiger charge is 2.58. The lowest BCUT2D eigenvalue weighted by Gasteiger charge is -2.34. The van der Waals surface area contributed by atoms with Crippen molar-refractivity contribution in [2.75, 3.05) is 18.4 Å². The highest BCUT2D eigenvalue weighted by atomic mass is 16.2. The van der Waals surface area contributed by atoms with Crippen LogP contribution >= 0.6 is 0 Å². The largest absolute Gasteiger partial charge is 0.342 e. The average Bonchev–Trinajstić information content (AvgIpc) is 3.54. The van der Waals surface area contributed by atoms with E-state index in [0.717, 1.165) is 49.2 Å². The first-order valence-electron chi connectivity index (χ1n) is 10.7. The van der Waals surface area contributed by atoms with Gasteiger partial charge in [-0.05, 0) is 68.6 Å². The van der Waals surface area contributed by atoms with Gasteiger partial charge in [0.2, 0.25) is 11.8 Å². The van der Waals surface area contributed by atoms with Gasteiger partial charge in [-0.3, -0.25) is 9.59 Å². The fraction of sp³-hybridized carbons (Fsp3) is 0.440. The molecule has 1 heterocycles. The lowest BCUT2D eigenvalue weighted by atomic mass is 9.89. The summed E-state index contributed by atoms with van der Waals surface area (Å²) in [5.74, 6) is 0.505. The number of carbonyl (C=O) groups is 2. The molecular formula is C25H30N2O2. The maximum absolute atomic E-state index is 13.2. The Balaban J connectivity index is 1.36. The summed E-state index contributed by atoms with van der Waals surface area (Å²) in [5, 5.41) is 3.06. The van der Waals surface area contributed by atoms with Gasteiger partial charge in [0.25, 0.3) is 0 Å². The number of hydrogen-bond donors (Lipinski definition) is 1. The molecule has 2 amide bonds. The Morgan fingerprint density at radius 3 is 2.17 bits per heavy atom. The molecule has 4 rings (SSSR count). The molecule has 2 fully saturated rings. The second-order valence-electron chi connectivity index (χ2n) is 8.73. The van der Waals surface area contributed by atoms with Crippen molar-refractivity contribution >= 4 is 17.5 Å². The third kappa shape index (κ3) is 4.07. The molecule has 0 unspecified atom stereocenters. The summed E-state index contributed by atoms with van der Waals surface area (Å²) in [6, 6.07) is 16.5. The zero-order valence-electron chi connectivity index (χ0n) is 17.4. The third-order valence-electron chi connectivity index (χ3n) is 6.58. The molecule has 1 aliphatic carbocycles. The summed E-state index contributed by atoms with van der Waals surface area (Å²) in [4.78, 5) is 28.2. The Kier molecular flexibility index (Phi) is 5.44. The molecule has 2 aliphatic rings. The van der Waals surface area contributed by atoms with E-state index in [1.165, 1.54) is 5.56 Å². The number of amides is 2. The van der Waals surface area contributed by atoms with Crippen LogP contribution in [0.5, 0.6) is 0 Å². The Morgan fingerprint density at radius 1 is 0.966 bits per heavy atom. The van der Waals surface area contributed by atoms with Gasteiger partial charge in [0.1, 0.15) is 5.41 Å². The number of nitrogens with zero attached hydrogens (tertiary/aromatic N) is 1. The van der Waals surface area contributed by atoms with E-state index in [1.807, 2.05) is 43.0 Å². The molecule has 0 radical (unpaired) electrons. The topological polar surface area (TPSA) is 49.4 Å². The van der Waals surface area contributed by atoms with E-state index in [4.69, 9.17) is 0 Å². The zero-order chi connectivity index (χ0) is 20.4. The van der Waals surface area contributed by atoms with Gasteiger partial charge in [-0.25, -0.2) is 0 Å².